The van der Waals surface area contributed by atoms with Gasteiger partial charge in [0.25, 0.3) is 0 Å². The maximum absolute atomic E-state index is 5.72. The van der Waals surface area contributed by atoms with Crippen LogP contribution in [0.25, 0.3) is 0 Å². The summed E-state index contributed by atoms with van der Waals surface area (Å²) in [5.41, 5.74) is 7.85. The highest BCUT2D eigenvalue weighted by Gasteiger charge is 2.19. The van der Waals surface area contributed by atoms with Crippen molar-refractivity contribution >= 4 is 11.5 Å². The second-order valence-electron chi connectivity index (χ2n) is 5.57. The third kappa shape index (κ3) is 3.40. The van der Waals surface area contributed by atoms with Gasteiger partial charge in [-0.1, -0.05) is 27.7 Å². The molecule has 0 fully saturated rings. The first-order valence-electron chi connectivity index (χ1n) is 5.76. The molecule has 0 aromatic carbocycles. The molecule has 0 spiro atoms. The SMILES string of the molecule is Cc1cc(NCC(C)C(C)(C)C)ncc1N. The lowest BCUT2D eigenvalue weighted by atomic mass is 9.82. The number of pyridine rings is 1. The number of hydrogen-bond acceptors (Lipinski definition) is 3. The van der Waals surface area contributed by atoms with E-state index < -0.39 is 0 Å². The molecular weight excluding hydrogens is 198 g/mol. The van der Waals surface area contributed by atoms with Gasteiger partial charge in [-0.25, -0.2) is 4.98 Å². The van der Waals surface area contributed by atoms with E-state index in [-0.39, 0.29) is 0 Å². The lowest BCUT2D eigenvalue weighted by molar-refractivity contribution is 0.274. The minimum absolute atomic E-state index is 0.315. The van der Waals surface area contributed by atoms with Crippen LogP contribution in [-0.2, 0) is 0 Å². The van der Waals surface area contributed by atoms with Gasteiger partial charge in [0.1, 0.15) is 5.82 Å². The van der Waals surface area contributed by atoms with E-state index in [0.717, 1.165) is 23.6 Å². The van der Waals surface area contributed by atoms with E-state index in [0.29, 0.717) is 11.3 Å². The number of nitrogens with two attached hydrogens (primary N) is 1. The first-order valence-corrected chi connectivity index (χ1v) is 5.76. The Morgan fingerprint density at radius 1 is 1.44 bits per heavy atom. The molecule has 0 amide bonds. The molecule has 1 aromatic rings. The minimum Gasteiger partial charge on any atom is -0.397 e. The summed E-state index contributed by atoms with van der Waals surface area (Å²) in [6.45, 7) is 11.9. The fraction of sp³-hybridized carbons (Fsp3) is 0.615. The van der Waals surface area contributed by atoms with Crippen LogP contribution in [0.4, 0.5) is 11.5 Å². The van der Waals surface area contributed by atoms with Crippen molar-refractivity contribution in [1.29, 1.82) is 0 Å². The zero-order valence-corrected chi connectivity index (χ0v) is 11.0. The summed E-state index contributed by atoms with van der Waals surface area (Å²) in [5.74, 6) is 1.50. The Kier molecular flexibility index (Phi) is 3.79. The zero-order valence-electron chi connectivity index (χ0n) is 11.0. The lowest BCUT2D eigenvalue weighted by Crippen LogP contribution is -2.25. The van der Waals surface area contributed by atoms with Crippen LogP contribution in [0.3, 0.4) is 0 Å². The van der Waals surface area contributed by atoms with Crippen molar-refractivity contribution in [2.45, 2.75) is 34.6 Å². The van der Waals surface area contributed by atoms with Crippen LogP contribution in [0.1, 0.15) is 33.3 Å². The van der Waals surface area contributed by atoms with Gasteiger partial charge in [0.15, 0.2) is 0 Å². The second kappa shape index (κ2) is 4.73. The molecule has 0 saturated carbocycles. The molecule has 3 N–H and O–H groups in total. The van der Waals surface area contributed by atoms with Gasteiger partial charge in [-0.3, -0.25) is 0 Å². The molecule has 90 valence electrons. The fourth-order valence-corrected chi connectivity index (χ4v) is 1.23. The van der Waals surface area contributed by atoms with Gasteiger partial charge in [-0.05, 0) is 29.9 Å². The largest absolute Gasteiger partial charge is 0.397 e. The average Bonchev–Trinajstić information content (AvgIpc) is 2.18. The molecule has 1 aromatic heterocycles. The van der Waals surface area contributed by atoms with E-state index in [4.69, 9.17) is 5.73 Å². The Bertz CT molecular complexity index is 353. The number of rotatable bonds is 3. The van der Waals surface area contributed by atoms with Crippen LogP contribution in [0.5, 0.6) is 0 Å². The van der Waals surface area contributed by atoms with Crippen molar-refractivity contribution in [2.75, 3.05) is 17.6 Å². The number of nitrogens with one attached hydrogen (secondary N) is 1. The number of nitrogens with zero attached hydrogens (tertiary/aromatic N) is 1. The van der Waals surface area contributed by atoms with Crippen molar-refractivity contribution in [3.63, 3.8) is 0 Å². The van der Waals surface area contributed by atoms with Gasteiger partial charge in [0, 0.05) is 6.54 Å². The minimum atomic E-state index is 0.315. The number of anilines is 2. The van der Waals surface area contributed by atoms with Crippen LogP contribution in [-0.4, -0.2) is 11.5 Å². The van der Waals surface area contributed by atoms with Crippen LogP contribution in [0.15, 0.2) is 12.3 Å². The van der Waals surface area contributed by atoms with Gasteiger partial charge in [-0.15, -0.1) is 0 Å². The molecule has 1 rings (SSSR count). The van der Waals surface area contributed by atoms with E-state index in [1.165, 1.54) is 0 Å². The first kappa shape index (κ1) is 12.8. The number of aromatic nitrogens is 1. The maximum Gasteiger partial charge on any atom is 0.126 e. The van der Waals surface area contributed by atoms with Gasteiger partial charge >= 0.3 is 0 Å². The van der Waals surface area contributed by atoms with E-state index in [2.05, 4.69) is 38.0 Å². The first-order chi connectivity index (χ1) is 7.30. The molecule has 16 heavy (non-hydrogen) atoms. The Morgan fingerprint density at radius 2 is 2.06 bits per heavy atom. The highest BCUT2D eigenvalue weighted by Crippen LogP contribution is 2.25. The Labute approximate surface area is 98.5 Å². The van der Waals surface area contributed by atoms with Crippen molar-refractivity contribution < 1.29 is 0 Å². The Balaban J connectivity index is 2.58. The Morgan fingerprint density at radius 3 is 2.56 bits per heavy atom. The topological polar surface area (TPSA) is 50.9 Å². The molecule has 0 bridgehead atoms. The summed E-state index contributed by atoms with van der Waals surface area (Å²) in [5, 5.41) is 3.35. The Hall–Kier alpha value is -1.25. The van der Waals surface area contributed by atoms with Gasteiger partial charge in [0.2, 0.25) is 0 Å². The molecule has 1 unspecified atom stereocenters. The molecular formula is C13H23N3. The van der Waals surface area contributed by atoms with Crippen LogP contribution >= 0.6 is 0 Å². The quantitative estimate of drug-likeness (QED) is 0.824. The predicted molar refractivity (Wildman–Crippen MR) is 70.5 cm³/mol. The molecule has 3 nitrogen and oxygen atoms in total. The van der Waals surface area contributed by atoms with Gasteiger partial charge < -0.3 is 11.1 Å². The molecule has 0 radical (unpaired) electrons. The van der Waals surface area contributed by atoms with Crippen molar-refractivity contribution in [2.24, 2.45) is 11.3 Å². The van der Waals surface area contributed by atoms with Gasteiger partial charge in [0.05, 0.1) is 11.9 Å². The van der Waals surface area contributed by atoms with Crippen LogP contribution < -0.4 is 11.1 Å². The molecule has 3 heteroatoms. The fourth-order valence-electron chi connectivity index (χ4n) is 1.23. The highest BCUT2D eigenvalue weighted by atomic mass is 15.0. The average molecular weight is 221 g/mol. The van der Waals surface area contributed by atoms with E-state index >= 15 is 0 Å². The number of nitrogen functional groups attached to an aromatic ring is 1. The molecule has 1 atom stereocenters. The van der Waals surface area contributed by atoms with Gasteiger partial charge in [-0.2, -0.15) is 0 Å². The number of hydrogen-bond donors (Lipinski definition) is 2. The summed E-state index contributed by atoms with van der Waals surface area (Å²) < 4.78 is 0. The zero-order chi connectivity index (χ0) is 12.3. The number of aryl methyl sites for hydroxylation is 1. The predicted octanol–water partition coefficient (Wildman–Crippen LogP) is 3.07. The molecule has 0 aliphatic carbocycles. The lowest BCUT2D eigenvalue weighted by Gasteiger charge is -2.27. The monoisotopic (exact) mass is 221 g/mol. The molecule has 0 aliphatic heterocycles. The maximum atomic E-state index is 5.72. The van der Waals surface area contributed by atoms with E-state index in [1.54, 1.807) is 6.20 Å². The summed E-state index contributed by atoms with van der Waals surface area (Å²) in [4.78, 5) is 4.26. The van der Waals surface area contributed by atoms with Crippen LogP contribution in [0, 0.1) is 18.3 Å². The van der Waals surface area contributed by atoms with E-state index in [1.807, 2.05) is 13.0 Å². The highest BCUT2D eigenvalue weighted by molar-refractivity contribution is 5.50. The molecule has 0 aliphatic rings. The third-order valence-corrected chi connectivity index (χ3v) is 3.22. The second-order valence-corrected chi connectivity index (χ2v) is 5.57. The smallest absolute Gasteiger partial charge is 0.126 e. The van der Waals surface area contributed by atoms with Crippen LogP contribution in [0.2, 0.25) is 0 Å². The normalized spacial score (nSPS) is 13.6. The van der Waals surface area contributed by atoms with Crippen molar-refractivity contribution in [3.05, 3.63) is 17.8 Å². The van der Waals surface area contributed by atoms with Crippen molar-refractivity contribution in [1.82, 2.24) is 4.98 Å². The summed E-state index contributed by atoms with van der Waals surface area (Å²) in [7, 11) is 0. The van der Waals surface area contributed by atoms with Crippen molar-refractivity contribution in [3.8, 4) is 0 Å². The molecule has 1 heterocycles. The molecule has 0 saturated heterocycles. The standard InChI is InChI=1S/C13H23N3/c1-9-6-12(16-8-11(9)14)15-7-10(2)13(3,4)5/h6,8,10H,7,14H2,1-5H3,(H,15,16). The summed E-state index contributed by atoms with van der Waals surface area (Å²) >= 11 is 0. The summed E-state index contributed by atoms with van der Waals surface area (Å²) in [6.07, 6.45) is 1.71. The third-order valence-electron chi connectivity index (χ3n) is 3.22. The van der Waals surface area contributed by atoms with E-state index in [9.17, 15) is 0 Å². The summed E-state index contributed by atoms with van der Waals surface area (Å²) in [6, 6.07) is 1.99.